The van der Waals surface area contributed by atoms with Gasteiger partial charge in [-0.1, -0.05) is 0 Å². The second kappa shape index (κ2) is 3.55. The highest BCUT2D eigenvalue weighted by molar-refractivity contribution is 7.89. The number of hydrogen-bond donors (Lipinski definition) is 1. The van der Waals surface area contributed by atoms with Crippen LogP contribution >= 0.6 is 0 Å². The summed E-state index contributed by atoms with van der Waals surface area (Å²) in [4.78, 5) is 0. The molecule has 0 atom stereocenters. The summed E-state index contributed by atoms with van der Waals surface area (Å²) in [5.74, 6) is 0.840. The van der Waals surface area contributed by atoms with Gasteiger partial charge in [0, 0.05) is 26.2 Å². The van der Waals surface area contributed by atoms with Crippen LogP contribution in [-0.2, 0) is 10.0 Å². The van der Waals surface area contributed by atoms with Crippen molar-refractivity contribution in [1.82, 2.24) is 9.62 Å². The Balaban J connectivity index is 1.95. The minimum Gasteiger partial charge on any atom is -0.314 e. The Morgan fingerprint density at radius 3 is 2.38 bits per heavy atom. The van der Waals surface area contributed by atoms with Gasteiger partial charge < -0.3 is 5.32 Å². The van der Waals surface area contributed by atoms with E-state index in [2.05, 4.69) is 5.32 Å². The van der Waals surface area contributed by atoms with E-state index in [-0.39, 0.29) is 0 Å². The maximum atomic E-state index is 11.7. The molecule has 13 heavy (non-hydrogen) atoms. The molecule has 0 amide bonds. The molecule has 1 aliphatic carbocycles. The largest absolute Gasteiger partial charge is 0.314 e. The summed E-state index contributed by atoms with van der Waals surface area (Å²) >= 11 is 0. The van der Waals surface area contributed by atoms with Crippen LogP contribution in [0.2, 0.25) is 0 Å². The van der Waals surface area contributed by atoms with Crippen molar-refractivity contribution >= 4 is 10.0 Å². The van der Waals surface area contributed by atoms with E-state index in [0.29, 0.717) is 24.8 Å². The maximum absolute atomic E-state index is 11.7. The van der Waals surface area contributed by atoms with Gasteiger partial charge in [-0.2, -0.15) is 4.31 Å². The zero-order valence-electron chi connectivity index (χ0n) is 7.70. The Kier molecular flexibility index (Phi) is 2.58. The van der Waals surface area contributed by atoms with Gasteiger partial charge in [-0.15, -0.1) is 0 Å². The minimum absolute atomic E-state index is 0.382. The number of piperazine rings is 1. The number of sulfonamides is 1. The van der Waals surface area contributed by atoms with Gasteiger partial charge in [-0.25, -0.2) is 8.42 Å². The molecule has 1 heterocycles. The molecule has 1 saturated heterocycles. The topological polar surface area (TPSA) is 49.4 Å². The van der Waals surface area contributed by atoms with E-state index < -0.39 is 10.0 Å². The van der Waals surface area contributed by atoms with Crippen molar-refractivity contribution in [1.29, 1.82) is 0 Å². The predicted octanol–water partition coefficient (Wildman–Crippen LogP) is -0.369. The molecular weight excluding hydrogens is 188 g/mol. The van der Waals surface area contributed by atoms with Gasteiger partial charge in [-0.3, -0.25) is 0 Å². The Morgan fingerprint density at radius 2 is 1.85 bits per heavy atom. The Morgan fingerprint density at radius 1 is 1.23 bits per heavy atom. The first-order valence-corrected chi connectivity index (χ1v) is 6.48. The Hall–Kier alpha value is -0.130. The summed E-state index contributed by atoms with van der Waals surface area (Å²) < 4.78 is 25.1. The molecule has 0 aromatic rings. The lowest BCUT2D eigenvalue weighted by atomic mass is 10.4. The van der Waals surface area contributed by atoms with Crippen LogP contribution in [-0.4, -0.2) is 44.7 Å². The number of nitrogens with zero attached hydrogens (tertiary/aromatic N) is 1. The van der Waals surface area contributed by atoms with Gasteiger partial charge in [0.15, 0.2) is 0 Å². The third-order valence-corrected chi connectivity index (χ3v) is 4.66. The van der Waals surface area contributed by atoms with E-state index in [4.69, 9.17) is 0 Å². The van der Waals surface area contributed by atoms with Gasteiger partial charge >= 0.3 is 0 Å². The molecule has 1 saturated carbocycles. The first-order valence-electron chi connectivity index (χ1n) is 4.87. The molecule has 2 rings (SSSR count). The van der Waals surface area contributed by atoms with E-state index in [9.17, 15) is 8.42 Å². The van der Waals surface area contributed by atoms with Gasteiger partial charge in [-0.05, 0) is 18.8 Å². The van der Waals surface area contributed by atoms with Crippen LogP contribution in [0.4, 0.5) is 0 Å². The zero-order valence-corrected chi connectivity index (χ0v) is 8.52. The van der Waals surface area contributed by atoms with Crippen molar-refractivity contribution < 1.29 is 8.42 Å². The molecule has 5 heteroatoms. The summed E-state index contributed by atoms with van der Waals surface area (Å²) in [7, 11) is -2.93. The van der Waals surface area contributed by atoms with Crippen LogP contribution in [0.1, 0.15) is 12.8 Å². The lowest BCUT2D eigenvalue weighted by Crippen LogP contribution is -2.47. The highest BCUT2D eigenvalue weighted by Gasteiger charge is 2.32. The lowest BCUT2D eigenvalue weighted by molar-refractivity contribution is 0.359. The summed E-state index contributed by atoms with van der Waals surface area (Å²) in [6, 6.07) is 0. The second-order valence-corrected chi connectivity index (χ2v) is 5.88. The zero-order chi connectivity index (χ0) is 9.31. The molecule has 0 aromatic carbocycles. The molecular formula is C8H16N2O2S. The second-order valence-electron chi connectivity index (χ2n) is 3.87. The third-order valence-electron chi connectivity index (χ3n) is 2.61. The smallest absolute Gasteiger partial charge is 0.214 e. The van der Waals surface area contributed by atoms with Crippen LogP contribution in [0.25, 0.3) is 0 Å². The molecule has 0 spiro atoms. The van der Waals surface area contributed by atoms with Gasteiger partial charge in [0.05, 0.1) is 5.75 Å². The number of hydrogen-bond acceptors (Lipinski definition) is 3. The summed E-state index contributed by atoms with van der Waals surface area (Å²) in [5, 5.41) is 3.15. The summed E-state index contributed by atoms with van der Waals surface area (Å²) in [5.41, 5.74) is 0. The third kappa shape index (κ3) is 2.42. The molecule has 1 N–H and O–H groups in total. The van der Waals surface area contributed by atoms with Gasteiger partial charge in [0.2, 0.25) is 10.0 Å². The fraction of sp³-hybridized carbons (Fsp3) is 1.00. The standard InChI is InChI=1S/C8H16N2O2S/c11-13(12,7-8-1-2-8)10-5-3-9-4-6-10/h8-9H,1-7H2. The first-order chi connectivity index (χ1) is 6.18. The Bertz CT molecular complexity index is 266. The molecule has 0 radical (unpaired) electrons. The molecule has 76 valence electrons. The first kappa shape index (κ1) is 9.43. The van der Waals surface area contributed by atoms with Crippen molar-refractivity contribution in [2.75, 3.05) is 31.9 Å². The minimum atomic E-state index is -2.93. The predicted molar refractivity (Wildman–Crippen MR) is 51.0 cm³/mol. The van der Waals surface area contributed by atoms with Gasteiger partial charge in [0.25, 0.3) is 0 Å². The summed E-state index contributed by atoms with van der Waals surface area (Å²) in [6.45, 7) is 2.89. The number of rotatable bonds is 3. The van der Waals surface area contributed by atoms with Crippen molar-refractivity contribution in [3.63, 3.8) is 0 Å². The van der Waals surface area contributed by atoms with E-state index in [1.807, 2.05) is 0 Å². The average molecular weight is 204 g/mol. The van der Waals surface area contributed by atoms with E-state index in [1.165, 1.54) is 0 Å². The van der Waals surface area contributed by atoms with Crippen molar-refractivity contribution in [3.8, 4) is 0 Å². The van der Waals surface area contributed by atoms with E-state index >= 15 is 0 Å². The monoisotopic (exact) mass is 204 g/mol. The molecule has 0 aromatic heterocycles. The van der Waals surface area contributed by atoms with Crippen LogP contribution in [0, 0.1) is 5.92 Å². The van der Waals surface area contributed by atoms with E-state index in [0.717, 1.165) is 25.9 Å². The molecule has 1 aliphatic heterocycles. The lowest BCUT2D eigenvalue weighted by Gasteiger charge is -2.26. The molecule has 4 nitrogen and oxygen atoms in total. The van der Waals surface area contributed by atoms with Crippen LogP contribution < -0.4 is 5.32 Å². The Labute approximate surface area is 79.4 Å². The van der Waals surface area contributed by atoms with Gasteiger partial charge in [0.1, 0.15) is 0 Å². The normalized spacial score (nSPS) is 26.2. The van der Waals surface area contributed by atoms with Crippen molar-refractivity contribution in [2.45, 2.75) is 12.8 Å². The van der Waals surface area contributed by atoms with Crippen LogP contribution in [0.3, 0.4) is 0 Å². The van der Waals surface area contributed by atoms with Crippen molar-refractivity contribution in [3.05, 3.63) is 0 Å². The fourth-order valence-corrected chi connectivity index (χ4v) is 3.49. The molecule has 0 unspecified atom stereocenters. The maximum Gasteiger partial charge on any atom is 0.214 e. The molecule has 0 bridgehead atoms. The van der Waals surface area contributed by atoms with Crippen molar-refractivity contribution in [2.24, 2.45) is 5.92 Å². The summed E-state index contributed by atoms with van der Waals surface area (Å²) in [6.07, 6.45) is 2.20. The molecule has 2 fully saturated rings. The van der Waals surface area contributed by atoms with Crippen LogP contribution in [0.5, 0.6) is 0 Å². The van der Waals surface area contributed by atoms with Crippen LogP contribution in [0.15, 0.2) is 0 Å². The fourth-order valence-electron chi connectivity index (χ4n) is 1.61. The highest BCUT2D eigenvalue weighted by Crippen LogP contribution is 2.31. The average Bonchev–Trinajstić information content (AvgIpc) is 2.89. The SMILES string of the molecule is O=S(=O)(CC1CC1)N1CCNCC1. The van der Waals surface area contributed by atoms with E-state index in [1.54, 1.807) is 4.31 Å². The number of nitrogens with one attached hydrogen (secondary N) is 1. The quantitative estimate of drug-likeness (QED) is 0.682. The molecule has 2 aliphatic rings. The highest BCUT2D eigenvalue weighted by atomic mass is 32.2.